The summed E-state index contributed by atoms with van der Waals surface area (Å²) < 4.78 is 0. The first kappa shape index (κ1) is 11.4. The molecule has 2 rings (SSSR count). The van der Waals surface area contributed by atoms with E-state index in [9.17, 15) is 9.59 Å². The Labute approximate surface area is 99.0 Å². The number of carboxylic acid groups (broad SMARTS) is 1. The molecule has 2 unspecified atom stereocenters. The minimum atomic E-state index is -1.12. The Morgan fingerprint density at radius 3 is 2.59 bits per heavy atom. The van der Waals surface area contributed by atoms with Crippen LogP contribution in [0.3, 0.4) is 0 Å². The maximum Gasteiger partial charge on any atom is 0.328 e. The van der Waals surface area contributed by atoms with E-state index in [1.165, 1.54) is 5.56 Å². The number of aliphatic carboxylic acids is 1. The second kappa shape index (κ2) is 4.82. The van der Waals surface area contributed by atoms with E-state index in [-0.39, 0.29) is 11.9 Å². The summed E-state index contributed by atoms with van der Waals surface area (Å²) in [6.45, 7) is 0. The minimum Gasteiger partial charge on any atom is -0.478 e. The molecule has 0 aliphatic heterocycles. The highest BCUT2D eigenvalue weighted by atomic mass is 16.4. The first-order valence-electron chi connectivity index (χ1n) is 5.43. The van der Waals surface area contributed by atoms with Gasteiger partial charge in [0, 0.05) is 24.1 Å². The molecule has 0 aromatic heterocycles. The van der Waals surface area contributed by atoms with Crippen LogP contribution in [0.4, 0.5) is 0 Å². The molecule has 2 N–H and O–H groups in total. The van der Waals surface area contributed by atoms with Crippen molar-refractivity contribution in [2.75, 3.05) is 0 Å². The van der Waals surface area contributed by atoms with E-state index < -0.39 is 5.97 Å². The fourth-order valence-corrected chi connectivity index (χ4v) is 1.80. The molecule has 1 fully saturated rings. The summed E-state index contributed by atoms with van der Waals surface area (Å²) in [5, 5.41) is 11.1. The lowest BCUT2D eigenvalue weighted by atomic mass is 10.1. The topological polar surface area (TPSA) is 66.4 Å². The largest absolute Gasteiger partial charge is 0.478 e. The van der Waals surface area contributed by atoms with Crippen LogP contribution in [0.25, 0.3) is 0 Å². The first-order valence-corrected chi connectivity index (χ1v) is 5.43. The molecule has 4 heteroatoms. The highest BCUT2D eigenvalue weighted by Gasteiger charge is 2.38. The predicted octanol–water partition coefficient (Wildman–Crippen LogP) is 1.30. The maximum absolute atomic E-state index is 11.3. The van der Waals surface area contributed by atoms with E-state index in [1.807, 2.05) is 30.3 Å². The normalized spacial score (nSPS) is 22.4. The Balaban J connectivity index is 1.84. The molecule has 1 aromatic rings. The van der Waals surface area contributed by atoms with Crippen molar-refractivity contribution in [2.45, 2.75) is 18.4 Å². The summed E-state index contributed by atoms with van der Waals surface area (Å²) in [7, 11) is 0. The summed E-state index contributed by atoms with van der Waals surface area (Å²) >= 11 is 0. The summed E-state index contributed by atoms with van der Waals surface area (Å²) in [4.78, 5) is 21.5. The van der Waals surface area contributed by atoms with Crippen LogP contribution < -0.4 is 5.32 Å². The van der Waals surface area contributed by atoms with Gasteiger partial charge in [-0.1, -0.05) is 30.3 Å². The molecule has 4 nitrogen and oxygen atoms in total. The number of rotatable bonds is 4. The average molecular weight is 231 g/mol. The van der Waals surface area contributed by atoms with E-state index in [2.05, 4.69) is 5.32 Å². The van der Waals surface area contributed by atoms with Gasteiger partial charge in [-0.3, -0.25) is 4.79 Å². The van der Waals surface area contributed by atoms with Crippen LogP contribution in [0.15, 0.2) is 42.5 Å². The third-order valence-corrected chi connectivity index (χ3v) is 2.72. The number of carbonyl (C=O) groups excluding carboxylic acids is 1. The number of benzene rings is 1. The number of hydrogen-bond donors (Lipinski definition) is 2. The lowest BCUT2D eigenvalue weighted by molar-refractivity contribution is -0.131. The van der Waals surface area contributed by atoms with E-state index in [0.29, 0.717) is 5.92 Å². The molecule has 2 atom stereocenters. The summed E-state index contributed by atoms with van der Waals surface area (Å²) in [6, 6.07) is 10.1. The van der Waals surface area contributed by atoms with Crippen LogP contribution in [0.2, 0.25) is 0 Å². The fourth-order valence-electron chi connectivity index (χ4n) is 1.80. The van der Waals surface area contributed by atoms with Gasteiger partial charge in [0.2, 0.25) is 5.91 Å². The molecule has 1 aromatic carbocycles. The molecule has 1 amide bonds. The van der Waals surface area contributed by atoms with Gasteiger partial charge in [-0.05, 0) is 12.0 Å². The Kier molecular flexibility index (Phi) is 3.23. The number of carbonyl (C=O) groups is 2. The van der Waals surface area contributed by atoms with Crippen LogP contribution in [-0.4, -0.2) is 23.0 Å². The molecule has 0 spiro atoms. The molecule has 0 heterocycles. The molecule has 1 aliphatic carbocycles. The Hall–Kier alpha value is -2.10. The van der Waals surface area contributed by atoms with E-state index >= 15 is 0 Å². The molecule has 0 bridgehead atoms. The zero-order chi connectivity index (χ0) is 12.3. The summed E-state index contributed by atoms with van der Waals surface area (Å²) in [5.74, 6) is -1.11. The predicted molar refractivity (Wildman–Crippen MR) is 62.5 cm³/mol. The Morgan fingerprint density at radius 1 is 1.24 bits per heavy atom. The van der Waals surface area contributed by atoms with Gasteiger partial charge in [0.15, 0.2) is 0 Å². The van der Waals surface area contributed by atoms with Crippen LogP contribution in [0.5, 0.6) is 0 Å². The van der Waals surface area contributed by atoms with Crippen molar-refractivity contribution < 1.29 is 14.7 Å². The monoisotopic (exact) mass is 231 g/mol. The van der Waals surface area contributed by atoms with Crippen molar-refractivity contribution in [1.82, 2.24) is 5.32 Å². The summed E-state index contributed by atoms with van der Waals surface area (Å²) in [5.41, 5.74) is 1.21. The van der Waals surface area contributed by atoms with Crippen LogP contribution in [0.1, 0.15) is 17.9 Å². The zero-order valence-electron chi connectivity index (χ0n) is 9.17. The van der Waals surface area contributed by atoms with Crippen molar-refractivity contribution in [3.63, 3.8) is 0 Å². The van der Waals surface area contributed by atoms with Gasteiger partial charge >= 0.3 is 5.97 Å². The van der Waals surface area contributed by atoms with Gasteiger partial charge in [-0.15, -0.1) is 0 Å². The van der Waals surface area contributed by atoms with Gasteiger partial charge in [0.25, 0.3) is 0 Å². The maximum atomic E-state index is 11.3. The lowest BCUT2D eigenvalue weighted by Crippen LogP contribution is -2.24. The molecule has 0 saturated heterocycles. The average Bonchev–Trinajstić information content (AvgIpc) is 3.07. The second-order valence-electron chi connectivity index (χ2n) is 4.04. The quantitative estimate of drug-likeness (QED) is 0.767. The number of hydrogen-bond acceptors (Lipinski definition) is 2. The van der Waals surface area contributed by atoms with E-state index in [1.54, 1.807) is 0 Å². The van der Waals surface area contributed by atoms with E-state index in [4.69, 9.17) is 5.11 Å². The third-order valence-electron chi connectivity index (χ3n) is 2.72. The van der Waals surface area contributed by atoms with Gasteiger partial charge < -0.3 is 10.4 Å². The highest BCUT2D eigenvalue weighted by molar-refractivity contribution is 5.94. The number of amides is 1. The second-order valence-corrected chi connectivity index (χ2v) is 4.04. The fraction of sp³-hybridized carbons (Fsp3) is 0.231. The molecule has 88 valence electrons. The van der Waals surface area contributed by atoms with Crippen LogP contribution >= 0.6 is 0 Å². The molecular formula is C13H13NO3. The Morgan fingerprint density at radius 2 is 1.94 bits per heavy atom. The molecule has 1 saturated carbocycles. The minimum absolute atomic E-state index is 0.128. The smallest absolute Gasteiger partial charge is 0.328 e. The highest BCUT2D eigenvalue weighted by Crippen LogP contribution is 2.40. The van der Waals surface area contributed by atoms with Gasteiger partial charge in [0.1, 0.15) is 0 Å². The zero-order valence-corrected chi connectivity index (χ0v) is 9.17. The molecule has 0 radical (unpaired) electrons. The Bertz CT molecular complexity index is 453. The van der Waals surface area contributed by atoms with E-state index in [0.717, 1.165) is 18.6 Å². The first-order chi connectivity index (χ1) is 8.16. The van der Waals surface area contributed by atoms with Crippen molar-refractivity contribution in [3.05, 3.63) is 48.0 Å². The van der Waals surface area contributed by atoms with Gasteiger partial charge in [-0.25, -0.2) is 4.79 Å². The number of carboxylic acids is 1. The third kappa shape index (κ3) is 3.17. The summed E-state index contributed by atoms with van der Waals surface area (Å²) in [6.07, 6.45) is 2.80. The van der Waals surface area contributed by atoms with Crippen LogP contribution in [-0.2, 0) is 9.59 Å². The number of nitrogens with one attached hydrogen (secondary N) is 1. The van der Waals surface area contributed by atoms with Crippen molar-refractivity contribution >= 4 is 11.9 Å². The van der Waals surface area contributed by atoms with Crippen molar-refractivity contribution in [2.24, 2.45) is 0 Å². The SMILES string of the molecule is O=C(O)C=CC(=O)NC1CC1c1ccccc1. The van der Waals surface area contributed by atoms with Crippen LogP contribution in [0, 0.1) is 0 Å². The van der Waals surface area contributed by atoms with Gasteiger partial charge in [0.05, 0.1) is 0 Å². The molecule has 1 aliphatic rings. The lowest BCUT2D eigenvalue weighted by Gasteiger charge is -2.01. The standard InChI is InChI=1S/C13H13NO3/c15-12(6-7-13(16)17)14-11-8-10(11)9-4-2-1-3-5-9/h1-7,10-11H,8H2,(H,14,15)(H,16,17). The van der Waals surface area contributed by atoms with Gasteiger partial charge in [-0.2, -0.15) is 0 Å². The molecular weight excluding hydrogens is 218 g/mol. The molecule has 17 heavy (non-hydrogen) atoms. The van der Waals surface area contributed by atoms with Crippen molar-refractivity contribution in [3.8, 4) is 0 Å². The van der Waals surface area contributed by atoms with Crippen molar-refractivity contribution in [1.29, 1.82) is 0 Å².